The summed E-state index contributed by atoms with van der Waals surface area (Å²) in [6.45, 7) is 0.212. The zero-order valence-corrected chi connectivity index (χ0v) is 14.3. The van der Waals surface area contributed by atoms with Crippen molar-refractivity contribution in [2.75, 3.05) is 6.61 Å². The van der Waals surface area contributed by atoms with Crippen LogP contribution < -0.4 is 10.1 Å². The maximum absolute atomic E-state index is 11.8. The van der Waals surface area contributed by atoms with Gasteiger partial charge in [0.05, 0.1) is 6.54 Å². The van der Waals surface area contributed by atoms with Crippen molar-refractivity contribution < 1.29 is 14.1 Å². The highest BCUT2D eigenvalue weighted by Gasteiger charge is 2.08. The fourth-order valence-corrected chi connectivity index (χ4v) is 2.32. The van der Waals surface area contributed by atoms with Gasteiger partial charge in [-0.25, -0.2) is 0 Å². The lowest BCUT2D eigenvalue weighted by atomic mass is 10.1. The molecule has 0 atom stereocenters. The largest absolute Gasteiger partial charge is 0.484 e. The number of hydrogen-bond donors (Lipinski definition) is 1. The van der Waals surface area contributed by atoms with Gasteiger partial charge < -0.3 is 14.6 Å². The maximum atomic E-state index is 11.8. The third-order valence-electron chi connectivity index (χ3n) is 3.27. The molecule has 0 unspecified atom stereocenters. The Bertz CT molecular complexity index is 801. The zero-order chi connectivity index (χ0) is 16.8. The lowest BCUT2D eigenvalue weighted by Gasteiger charge is -2.06. The van der Waals surface area contributed by atoms with Crippen molar-refractivity contribution in [3.8, 4) is 17.0 Å². The number of benzene rings is 2. The number of amides is 1. The van der Waals surface area contributed by atoms with Gasteiger partial charge in [0.25, 0.3) is 5.91 Å². The molecule has 5 nitrogen and oxygen atoms in total. The first kappa shape index (κ1) is 16.3. The van der Waals surface area contributed by atoms with Crippen LogP contribution >= 0.6 is 15.9 Å². The number of nitrogens with zero attached hydrogens (tertiary/aromatic N) is 1. The van der Waals surface area contributed by atoms with E-state index >= 15 is 0 Å². The molecule has 0 saturated heterocycles. The van der Waals surface area contributed by atoms with Crippen LogP contribution in [0.5, 0.6) is 5.75 Å². The molecule has 0 aliphatic heterocycles. The Morgan fingerprint density at radius 3 is 2.62 bits per heavy atom. The van der Waals surface area contributed by atoms with Crippen LogP contribution in [-0.4, -0.2) is 17.7 Å². The third kappa shape index (κ3) is 4.45. The summed E-state index contributed by atoms with van der Waals surface area (Å²) in [5, 5.41) is 6.74. The Morgan fingerprint density at radius 2 is 1.88 bits per heavy atom. The van der Waals surface area contributed by atoms with Crippen LogP contribution in [0.4, 0.5) is 0 Å². The predicted molar refractivity (Wildman–Crippen MR) is 93.4 cm³/mol. The minimum Gasteiger partial charge on any atom is -0.484 e. The van der Waals surface area contributed by atoms with E-state index in [-0.39, 0.29) is 19.1 Å². The minimum absolute atomic E-state index is 0.0543. The molecule has 1 N–H and O–H groups in total. The van der Waals surface area contributed by atoms with Gasteiger partial charge in [-0.15, -0.1) is 0 Å². The molecule has 3 rings (SSSR count). The number of hydrogen-bond acceptors (Lipinski definition) is 4. The lowest BCUT2D eigenvalue weighted by molar-refractivity contribution is -0.123. The van der Waals surface area contributed by atoms with Gasteiger partial charge >= 0.3 is 0 Å². The molecular weight excluding hydrogens is 372 g/mol. The topological polar surface area (TPSA) is 64.4 Å². The Morgan fingerprint density at radius 1 is 1.12 bits per heavy atom. The summed E-state index contributed by atoms with van der Waals surface area (Å²) in [4.78, 5) is 11.8. The second-order valence-electron chi connectivity index (χ2n) is 5.06. The quantitative estimate of drug-likeness (QED) is 0.699. The average molecular weight is 387 g/mol. The van der Waals surface area contributed by atoms with Crippen molar-refractivity contribution in [2.24, 2.45) is 0 Å². The van der Waals surface area contributed by atoms with Gasteiger partial charge in [0.2, 0.25) is 0 Å². The van der Waals surface area contributed by atoms with Crippen molar-refractivity contribution >= 4 is 21.8 Å². The third-order valence-corrected chi connectivity index (χ3v) is 3.80. The van der Waals surface area contributed by atoms with E-state index in [1.807, 2.05) is 48.5 Å². The summed E-state index contributed by atoms with van der Waals surface area (Å²) in [5.74, 6) is 1.00. The van der Waals surface area contributed by atoms with Crippen LogP contribution in [-0.2, 0) is 11.3 Å². The molecule has 0 aliphatic carbocycles. The molecule has 2 aromatic carbocycles. The fraction of sp³-hybridized carbons (Fsp3) is 0.111. The van der Waals surface area contributed by atoms with Crippen molar-refractivity contribution in [1.82, 2.24) is 10.5 Å². The number of aromatic nitrogens is 1. The highest BCUT2D eigenvalue weighted by atomic mass is 79.9. The van der Waals surface area contributed by atoms with Crippen molar-refractivity contribution in [3.05, 3.63) is 70.9 Å². The monoisotopic (exact) mass is 386 g/mol. The summed E-state index contributed by atoms with van der Waals surface area (Å²) >= 11 is 3.34. The average Bonchev–Trinajstić information content (AvgIpc) is 3.09. The number of rotatable bonds is 6. The van der Waals surface area contributed by atoms with Crippen LogP contribution in [0.1, 0.15) is 5.76 Å². The maximum Gasteiger partial charge on any atom is 0.258 e. The SMILES string of the molecule is O=C(COc1ccc(Br)cc1)NCc1cc(-c2ccccc2)no1. The Labute approximate surface area is 147 Å². The normalized spacial score (nSPS) is 10.4. The van der Waals surface area contributed by atoms with Crippen molar-refractivity contribution in [3.63, 3.8) is 0 Å². The number of carbonyl (C=O) groups excluding carboxylic acids is 1. The Hall–Kier alpha value is -2.60. The molecule has 0 spiro atoms. The second-order valence-corrected chi connectivity index (χ2v) is 5.98. The highest BCUT2D eigenvalue weighted by Crippen LogP contribution is 2.18. The van der Waals surface area contributed by atoms with Crippen LogP contribution in [0.2, 0.25) is 0 Å². The van der Waals surface area contributed by atoms with E-state index in [1.54, 1.807) is 12.1 Å². The molecule has 1 heterocycles. The van der Waals surface area contributed by atoms with Gasteiger partial charge in [0.15, 0.2) is 12.4 Å². The molecule has 0 aliphatic rings. The van der Waals surface area contributed by atoms with Crippen LogP contribution in [0.15, 0.2) is 69.7 Å². The minimum atomic E-state index is -0.226. The molecule has 6 heteroatoms. The molecule has 0 radical (unpaired) electrons. The molecule has 1 aromatic heterocycles. The Kier molecular flexibility index (Phi) is 5.28. The van der Waals surface area contributed by atoms with E-state index in [0.29, 0.717) is 11.5 Å². The molecule has 122 valence electrons. The lowest BCUT2D eigenvalue weighted by Crippen LogP contribution is -2.28. The van der Waals surface area contributed by atoms with Gasteiger partial charge in [-0.1, -0.05) is 51.4 Å². The first-order valence-electron chi connectivity index (χ1n) is 7.37. The molecule has 0 fully saturated rings. The molecule has 3 aromatic rings. The van der Waals surface area contributed by atoms with Crippen LogP contribution in [0.25, 0.3) is 11.3 Å². The summed E-state index contributed by atoms with van der Waals surface area (Å²) in [7, 11) is 0. The number of halogens is 1. The predicted octanol–water partition coefficient (Wildman–Crippen LogP) is 3.80. The van der Waals surface area contributed by atoms with Crippen LogP contribution in [0.3, 0.4) is 0 Å². The van der Waals surface area contributed by atoms with Gasteiger partial charge in [-0.05, 0) is 24.3 Å². The second kappa shape index (κ2) is 7.79. The van der Waals surface area contributed by atoms with Gasteiger partial charge in [0, 0.05) is 16.1 Å². The summed E-state index contributed by atoms with van der Waals surface area (Å²) in [5.41, 5.74) is 1.71. The van der Waals surface area contributed by atoms with E-state index in [0.717, 1.165) is 15.7 Å². The molecular formula is C18H15BrN2O3. The summed E-state index contributed by atoms with van der Waals surface area (Å²) < 4.78 is 11.6. The molecule has 0 bridgehead atoms. The van der Waals surface area contributed by atoms with Gasteiger partial charge in [0.1, 0.15) is 11.4 Å². The number of ether oxygens (including phenoxy) is 1. The first-order chi connectivity index (χ1) is 11.7. The number of carbonyl (C=O) groups is 1. The van der Waals surface area contributed by atoms with Crippen molar-refractivity contribution in [2.45, 2.75) is 6.54 Å². The Balaban J connectivity index is 1.48. The van der Waals surface area contributed by atoms with Gasteiger partial charge in [-0.2, -0.15) is 0 Å². The van der Waals surface area contributed by atoms with Gasteiger partial charge in [-0.3, -0.25) is 4.79 Å². The van der Waals surface area contributed by atoms with E-state index in [2.05, 4.69) is 26.4 Å². The standard InChI is InChI=1S/C18H15BrN2O3/c19-14-6-8-15(9-7-14)23-12-18(22)20-11-16-10-17(21-24-16)13-4-2-1-3-5-13/h1-10H,11-12H2,(H,20,22). The van der Waals surface area contributed by atoms with E-state index in [4.69, 9.17) is 9.26 Å². The summed E-state index contributed by atoms with van der Waals surface area (Å²) in [6, 6.07) is 18.8. The smallest absolute Gasteiger partial charge is 0.258 e. The van der Waals surface area contributed by atoms with E-state index in [9.17, 15) is 4.79 Å². The van der Waals surface area contributed by atoms with E-state index < -0.39 is 0 Å². The highest BCUT2D eigenvalue weighted by molar-refractivity contribution is 9.10. The molecule has 1 amide bonds. The first-order valence-corrected chi connectivity index (χ1v) is 8.16. The zero-order valence-electron chi connectivity index (χ0n) is 12.7. The van der Waals surface area contributed by atoms with Crippen LogP contribution in [0, 0.1) is 0 Å². The summed E-state index contributed by atoms with van der Waals surface area (Å²) in [6.07, 6.45) is 0. The molecule has 0 saturated carbocycles. The fourth-order valence-electron chi connectivity index (χ4n) is 2.06. The van der Waals surface area contributed by atoms with Crippen molar-refractivity contribution in [1.29, 1.82) is 0 Å². The molecule has 24 heavy (non-hydrogen) atoms. The number of nitrogens with one attached hydrogen (secondary N) is 1. The van der Waals surface area contributed by atoms with E-state index in [1.165, 1.54) is 0 Å².